The van der Waals surface area contributed by atoms with Gasteiger partial charge < -0.3 is 19.5 Å². The maximum absolute atomic E-state index is 8.36. The maximum Gasteiger partial charge on any atom is 0.290 e. The van der Waals surface area contributed by atoms with Crippen molar-refractivity contribution >= 4 is 22.9 Å². The van der Waals surface area contributed by atoms with Crippen LogP contribution in [0.25, 0.3) is 0 Å². The molecule has 2 aliphatic rings. The fraction of sp³-hybridized carbons (Fsp3) is 0.550. The summed E-state index contributed by atoms with van der Waals surface area (Å²) in [5.74, 6) is 1.66. The van der Waals surface area contributed by atoms with E-state index in [0.29, 0.717) is 6.04 Å². The minimum absolute atomic E-state index is 0.250. The van der Waals surface area contributed by atoms with E-state index >= 15 is 0 Å². The van der Waals surface area contributed by atoms with Crippen LogP contribution in [0.15, 0.2) is 12.1 Å². The second kappa shape index (κ2) is 9.89. The highest BCUT2D eigenvalue weighted by molar-refractivity contribution is 7.15. The molecule has 2 aromatic rings. The minimum atomic E-state index is -0.250. The molecule has 0 aliphatic carbocycles. The molecule has 9 heteroatoms. The first-order valence-electron chi connectivity index (χ1n) is 9.70. The second-order valence-electron chi connectivity index (χ2n) is 7.12. The van der Waals surface area contributed by atoms with Crippen molar-refractivity contribution in [1.29, 1.82) is 0 Å². The van der Waals surface area contributed by atoms with Crippen molar-refractivity contribution in [2.24, 2.45) is 0 Å². The molecule has 3 heterocycles. The summed E-state index contributed by atoms with van der Waals surface area (Å²) in [6.45, 7) is 6.01. The molecular formula is C20H28N4O4S. The zero-order valence-corrected chi connectivity index (χ0v) is 17.9. The van der Waals surface area contributed by atoms with Gasteiger partial charge in [0.05, 0.1) is 14.2 Å². The molecule has 1 N–H and O–H groups in total. The van der Waals surface area contributed by atoms with Gasteiger partial charge in [-0.25, -0.2) is 0 Å². The van der Waals surface area contributed by atoms with E-state index in [9.17, 15) is 0 Å². The molecular weight excluding hydrogens is 392 g/mol. The van der Waals surface area contributed by atoms with Gasteiger partial charge in [0.25, 0.3) is 6.47 Å². The predicted molar refractivity (Wildman–Crippen MR) is 112 cm³/mol. The number of hydrogen-bond donors (Lipinski definition) is 1. The number of piperidine rings is 1. The number of aromatic nitrogens is 2. The van der Waals surface area contributed by atoms with E-state index in [4.69, 9.17) is 19.4 Å². The van der Waals surface area contributed by atoms with Crippen LogP contribution in [0.2, 0.25) is 0 Å². The molecule has 0 amide bonds. The SMILES string of the molecule is COc1cc2c(cc1OC)CN(C1CCN(c3nnc(C)s3)CC1)CC2.O=CO. The Morgan fingerprint density at radius 1 is 1.10 bits per heavy atom. The summed E-state index contributed by atoms with van der Waals surface area (Å²) >= 11 is 1.69. The van der Waals surface area contributed by atoms with Crippen molar-refractivity contribution < 1.29 is 19.4 Å². The zero-order valence-electron chi connectivity index (χ0n) is 17.1. The quantitative estimate of drug-likeness (QED) is 0.755. The van der Waals surface area contributed by atoms with Crippen LogP contribution in [0, 0.1) is 6.92 Å². The molecule has 1 fully saturated rings. The number of carbonyl (C=O) groups is 1. The van der Waals surface area contributed by atoms with Gasteiger partial charge in [-0.05, 0) is 49.4 Å². The van der Waals surface area contributed by atoms with E-state index in [1.54, 1.807) is 25.6 Å². The van der Waals surface area contributed by atoms with Crippen LogP contribution in [0.1, 0.15) is 29.0 Å². The molecule has 0 unspecified atom stereocenters. The van der Waals surface area contributed by atoms with E-state index in [0.717, 1.165) is 54.2 Å². The van der Waals surface area contributed by atoms with Gasteiger partial charge in [0.15, 0.2) is 11.5 Å². The molecule has 0 atom stereocenters. The molecule has 0 saturated carbocycles. The Balaban J connectivity index is 0.000000755. The molecule has 0 bridgehead atoms. The molecule has 158 valence electrons. The van der Waals surface area contributed by atoms with Gasteiger partial charge in [-0.1, -0.05) is 11.3 Å². The van der Waals surface area contributed by atoms with Crippen LogP contribution in [0.3, 0.4) is 0 Å². The number of hydrogen-bond acceptors (Lipinski definition) is 8. The standard InChI is InChI=1S/C19H26N4O2S.CH2O2/c1-13-20-21-19(26-13)22-8-5-16(6-9-22)23-7-4-14-10-17(24-2)18(25-3)11-15(14)12-23;2-1-3/h10-11,16H,4-9,12H2,1-3H3;1H,(H,2,3). The lowest BCUT2D eigenvalue weighted by Crippen LogP contribution is -2.46. The first kappa shape index (κ1) is 21.3. The molecule has 29 heavy (non-hydrogen) atoms. The molecule has 1 aromatic heterocycles. The van der Waals surface area contributed by atoms with E-state index < -0.39 is 0 Å². The number of aryl methyl sites for hydroxylation is 1. The minimum Gasteiger partial charge on any atom is -0.493 e. The van der Waals surface area contributed by atoms with Gasteiger partial charge in [0.2, 0.25) is 5.13 Å². The Morgan fingerprint density at radius 2 is 1.72 bits per heavy atom. The van der Waals surface area contributed by atoms with Gasteiger partial charge in [0, 0.05) is 32.2 Å². The van der Waals surface area contributed by atoms with Gasteiger partial charge in [-0.15, -0.1) is 10.2 Å². The monoisotopic (exact) mass is 420 g/mol. The van der Waals surface area contributed by atoms with E-state index in [2.05, 4.69) is 32.1 Å². The lowest BCUT2D eigenvalue weighted by Gasteiger charge is -2.40. The van der Waals surface area contributed by atoms with E-state index in [1.807, 2.05) is 6.92 Å². The first-order chi connectivity index (χ1) is 14.1. The topological polar surface area (TPSA) is 88.0 Å². The lowest BCUT2D eigenvalue weighted by atomic mass is 9.95. The molecule has 1 saturated heterocycles. The zero-order chi connectivity index (χ0) is 20.8. The normalized spacial score (nSPS) is 17.1. The Kier molecular flexibility index (Phi) is 7.27. The van der Waals surface area contributed by atoms with Crippen LogP contribution in [-0.4, -0.2) is 66.6 Å². The van der Waals surface area contributed by atoms with Crippen LogP contribution in [0.5, 0.6) is 11.5 Å². The van der Waals surface area contributed by atoms with Crippen LogP contribution >= 0.6 is 11.3 Å². The summed E-state index contributed by atoms with van der Waals surface area (Å²) in [4.78, 5) is 13.4. The molecule has 1 aromatic carbocycles. The fourth-order valence-electron chi connectivity index (χ4n) is 4.05. The highest BCUT2D eigenvalue weighted by Gasteiger charge is 2.29. The summed E-state index contributed by atoms with van der Waals surface area (Å²) in [5.41, 5.74) is 2.76. The Labute approximate surface area is 175 Å². The fourth-order valence-corrected chi connectivity index (χ4v) is 4.79. The van der Waals surface area contributed by atoms with Gasteiger partial charge >= 0.3 is 0 Å². The first-order valence-corrected chi connectivity index (χ1v) is 10.5. The second-order valence-corrected chi connectivity index (χ2v) is 8.28. The molecule has 8 nitrogen and oxygen atoms in total. The largest absolute Gasteiger partial charge is 0.493 e. The number of rotatable bonds is 4. The summed E-state index contributed by atoms with van der Waals surface area (Å²) in [6.07, 6.45) is 3.44. The van der Waals surface area contributed by atoms with Gasteiger partial charge in [0.1, 0.15) is 5.01 Å². The van der Waals surface area contributed by atoms with Crippen LogP contribution < -0.4 is 14.4 Å². The third kappa shape index (κ3) is 4.97. The van der Waals surface area contributed by atoms with Gasteiger partial charge in [-0.3, -0.25) is 9.69 Å². The highest BCUT2D eigenvalue weighted by atomic mass is 32.1. The number of ether oxygens (including phenoxy) is 2. The predicted octanol–water partition coefficient (Wildman–Crippen LogP) is 2.59. The molecule has 0 spiro atoms. The summed E-state index contributed by atoms with van der Waals surface area (Å²) in [6, 6.07) is 4.94. The number of methoxy groups -OCH3 is 2. The third-order valence-corrected chi connectivity index (χ3v) is 6.41. The van der Waals surface area contributed by atoms with Crippen molar-refractivity contribution in [3.05, 3.63) is 28.3 Å². The van der Waals surface area contributed by atoms with Crippen molar-refractivity contribution in [1.82, 2.24) is 15.1 Å². The Morgan fingerprint density at radius 3 is 2.28 bits per heavy atom. The molecule has 2 aliphatic heterocycles. The lowest BCUT2D eigenvalue weighted by molar-refractivity contribution is -0.122. The summed E-state index contributed by atoms with van der Waals surface area (Å²) < 4.78 is 10.9. The Bertz CT molecular complexity index is 821. The third-order valence-electron chi connectivity index (χ3n) is 5.51. The molecule has 4 rings (SSSR count). The van der Waals surface area contributed by atoms with Crippen molar-refractivity contribution in [3.63, 3.8) is 0 Å². The number of anilines is 1. The summed E-state index contributed by atoms with van der Waals surface area (Å²) in [7, 11) is 3.41. The van der Waals surface area contributed by atoms with Crippen molar-refractivity contribution in [2.75, 3.05) is 38.8 Å². The number of fused-ring (bicyclic) bond motifs is 1. The highest BCUT2D eigenvalue weighted by Crippen LogP contribution is 2.35. The average molecular weight is 421 g/mol. The smallest absolute Gasteiger partial charge is 0.290 e. The van der Waals surface area contributed by atoms with Crippen LogP contribution in [0.4, 0.5) is 5.13 Å². The van der Waals surface area contributed by atoms with Gasteiger partial charge in [-0.2, -0.15) is 0 Å². The Hall–Kier alpha value is -2.39. The average Bonchev–Trinajstić information content (AvgIpc) is 3.19. The molecule has 0 radical (unpaired) electrons. The summed E-state index contributed by atoms with van der Waals surface area (Å²) in [5, 5.41) is 17.4. The number of benzene rings is 1. The number of nitrogens with zero attached hydrogens (tertiary/aromatic N) is 4. The van der Waals surface area contributed by atoms with E-state index in [-0.39, 0.29) is 6.47 Å². The van der Waals surface area contributed by atoms with Crippen LogP contribution in [-0.2, 0) is 17.8 Å². The van der Waals surface area contributed by atoms with Crippen molar-refractivity contribution in [3.8, 4) is 11.5 Å². The van der Waals surface area contributed by atoms with Crippen molar-refractivity contribution in [2.45, 2.75) is 38.8 Å². The number of carboxylic acid groups (broad SMARTS) is 1. The maximum atomic E-state index is 8.36. The van der Waals surface area contributed by atoms with E-state index in [1.165, 1.54) is 24.0 Å².